The number of hydrogen-bond acceptors (Lipinski definition) is 3. The fourth-order valence-corrected chi connectivity index (χ4v) is 1.75. The summed E-state index contributed by atoms with van der Waals surface area (Å²) in [6.45, 7) is 8.13. The molecule has 0 aliphatic rings. The van der Waals surface area contributed by atoms with Gasteiger partial charge in [0, 0.05) is 11.7 Å². The second kappa shape index (κ2) is 7.67. The van der Waals surface area contributed by atoms with E-state index in [-0.39, 0.29) is 16.6 Å². The van der Waals surface area contributed by atoms with Crippen LogP contribution in [0.2, 0.25) is 0 Å². The summed E-state index contributed by atoms with van der Waals surface area (Å²) < 4.78 is 0. The van der Waals surface area contributed by atoms with Crippen LogP contribution in [0.1, 0.15) is 47.0 Å². The van der Waals surface area contributed by atoms with Crippen LogP contribution < -0.4 is 5.32 Å². The first kappa shape index (κ1) is 17.3. The van der Waals surface area contributed by atoms with Gasteiger partial charge in [0.05, 0.1) is 0 Å². The molecule has 0 saturated heterocycles. The third-order valence-electron chi connectivity index (χ3n) is 2.69. The largest absolute Gasteiger partial charge is 0.480 e. The topological polar surface area (TPSA) is 66.4 Å². The number of carbonyl (C=O) groups is 2. The molecule has 0 radical (unpaired) electrons. The Morgan fingerprint density at radius 2 is 1.89 bits per heavy atom. The van der Waals surface area contributed by atoms with Crippen LogP contribution >= 0.6 is 11.8 Å². The van der Waals surface area contributed by atoms with Crippen LogP contribution in [0.5, 0.6) is 0 Å². The van der Waals surface area contributed by atoms with Crippen molar-refractivity contribution in [3.05, 3.63) is 0 Å². The van der Waals surface area contributed by atoms with Gasteiger partial charge in [0.2, 0.25) is 5.91 Å². The average molecular weight is 275 g/mol. The highest BCUT2D eigenvalue weighted by molar-refractivity contribution is 7.99. The molecule has 0 spiro atoms. The summed E-state index contributed by atoms with van der Waals surface area (Å²) in [6.07, 6.45) is 3.53. The zero-order chi connectivity index (χ0) is 14.3. The van der Waals surface area contributed by atoms with Crippen molar-refractivity contribution >= 4 is 23.6 Å². The fraction of sp³-hybridized carbons (Fsp3) is 0.846. The Kier molecular flexibility index (Phi) is 7.36. The van der Waals surface area contributed by atoms with E-state index in [0.29, 0.717) is 12.8 Å². The van der Waals surface area contributed by atoms with Gasteiger partial charge in [-0.15, -0.1) is 0 Å². The number of carboxylic acid groups (broad SMARTS) is 1. The highest BCUT2D eigenvalue weighted by atomic mass is 32.2. The molecule has 2 unspecified atom stereocenters. The molecule has 0 saturated carbocycles. The van der Waals surface area contributed by atoms with Crippen LogP contribution in [-0.2, 0) is 9.59 Å². The van der Waals surface area contributed by atoms with Crippen molar-refractivity contribution < 1.29 is 14.7 Å². The molecule has 0 aliphatic carbocycles. The van der Waals surface area contributed by atoms with Gasteiger partial charge in [-0.05, 0) is 24.5 Å². The summed E-state index contributed by atoms with van der Waals surface area (Å²) >= 11 is 1.60. The number of nitrogens with one attached hydrogen (secondary N) is 1. The van der Waals surface area contributed by atoms with Crippen LogP contribution in [0.25, 0.3) is 0 Å². The Balaban J connectivity index is 4.28. The molecule has 0 bridgehead atoms. The van der Waals surface area contributed by atoms with Gasteiger partial charge in [-0.2, -0.15) is 11.8 Å². The number of rotatable bonds is 7. The van der Waals surface area contributed by atoms with E-state index in [9.17, 15) is 9.59 Å². The molecule has 106 valence electrons. The van der Waals surface area contributed by atoms with Crippen LogP contribution in [-0.4, -0.2) is 34.5 Å². The Morgan fingerprint density at radius 1 is 1.33 bits per heavy atom. The van der Waals surface area contributed by atoms with Crippen molar-refractivity contribution in [3.63, 3.8) is 0 Å². The van der Waals surface area contributed by atoms with E-state index in [1.807, 2.05) is 13.2 Å². The lowest BCUT2D eigenvalue weighted by molar-refractivity contribution is -0.142. The first-order valence-corrected chi connectivity index (χ1v) is 7.49. The Labute approximate surface area is 114 Å². The molecule has 0 aliphatic heterocycles. The van der Waals surface area contributed by atoms with E-state index < -0.39 is 12.0 Å². The van der Waals surface area contributed by atoms with Crippen LogP contribution in [0.15, 0.2) is 0 Å². The van der Waals surface area contributed by atoms with Crippen molar-refractivity contribution in [2.24, 2.45) is 5.41 Å². The first-order valence-electron chi connectivity index (χ1n) is 6.20. The maximum atomic E-state index is 11.7. The molecular formula is C13H25NO3S. The molecule has 0 aromatic carbocycles. The van der Waals surface area contributed by atoms with Crippen LogP contribution in [0.3, 0.4) is 0 Å². The number of thioether (sulfide) groups is 1. The zero-order valence-corrected chi connectivity index (χ0v) is 12.8. The molecule has 4 nitrogen and oxygen atoms in total. The van der Waals surface area contributed by atoms with Gasteiger partial charge in [0.25, 0.3) is 0 Å². The lowest BCUT2D eigenvalue weighted by Gasteiger charge is -2.22. The number of carbonyl (C=O) groups excluding carboxylic acids is 1. The molecule has 18 heavy (non-hydrogen) atoms. The lowest BCUT2D eigenvalue weighted by atomic mass is 9.88. The molecule has 2 N–H and O–H groups in total. The first-order chi connectivity index (χ1) is 8.15. The summed E-state index contributed by atoms with van der Waals surface area (Å²) in [5, 5.41) is 11.9. The normalized spacial score (nSPS) is 14.9. The minimum Gasteiger partial charge on any atom is -0.480 e. The van der Waals surface area contributed by atoms with E-state index >= 15 is 0 Å². The minimum atomic E-state index is -0.954. The number of aliphatic carboxylic acids is 1. The molecule has 0 heterocycles. The SMILES string of the molecule is CSC(C)CC(=O)NC(CCC(C)(C)C)C(=O)O. The van der Waals surface area contributed by atoms with Crippen molar-refractivity contribution in [1.82, 2.24) is 5.32 Å². The van der Waals surface area contributed by atoms with Crippen LogP contribution in [0, 0.1) is 5.41 Å². The summed E-state index contributed by atoms with van der Waals surface area (Å²) in [6, 6.07) is -0.772. The standard InChI is InChI=1S/C13H25NO3S/c1-9(18-5)8-11(15)14-10(12(16)17)6-7-13(2,3)4/h9-10H,6-8H2,1-5H3,(H,14,15)(H,16,17). The monoisotopic (exact) mass is 275 g/mol. The van der Waals surface area contributed by atoms with Crippen molar-refractivity contribution in [2.45, 2.75) is 58.2 Å². The predicted octanol–water partition coefficient (Wildman–Crippen LogP) is 2.52. The molecule has 2 atom stereocenters. The molecule has 5 heteroatoms. The highest BCUT2D eigenvalue weighted by Crippen LogP contribution is 2.21. The van der Waals surface area contributed by atoms with E-state index in [2.05, 4.69) is 26.1 Å². The third-order valence-corrected chi connectivity index (χ3v) is 3.66. The van der Waals surface area contributed by atoms with Gasteiger partial charge in [-0.3, -0.25) is 4.79 Å². The quantitative estimate of drug-likeness (QED) is 0.749. The summed E-state index contributed by atoms with van der Waals surface area (Å²) in [7, 11) is 0. The lowest BCUT2D eigenvalue weighted by Crippen LogP contribution is -2.42. The average Bonchev–Trinajstić information content (AvgIpc) is 2.22. The Bertz CT molecular complexity index is 286. The van der Waals surface area contributed by atoms with Gasteiger partial charge in [0.15, 0.2) is 0 Å². The van der Waals surface area contributed by atoms with Gasteiger partial charge >= 0.3 is 5.97 Å². The van der Waals surface area contributed by atoms with Gasteiger partial charge in [-0.25, -0.2) is 4.79 Å². The summed E-state index contributed by atoms with van der Waals surface area (Å²) in [5.74, 6) is -1.14. The Hall–Kier alpha value is -0.710. The maximum absolute atomic E-state index is 11.7. The number of carboxylic acids is 1. The van der Waals surface area contributed by atoms with Crippen molar-refractivity contribution in [1.29, 1.82) is 0 Å². The van der Waals surface area contributed by atoms with E-state index in [1.54, 1.807) is 11.8 Å². The second-order valence-corrected chi connectivity index (χ2v) is 7.08. The van der Waals surface area contributed by atoms with Crippen molar-refractivity contribution in [3.8, 4) is 0 Å². The smallest absolute Gasteiger partial charge is 0.326 e. The van der Waals surface area contributed by atoms with E-state index in [4.69, 9.17) is 5.11 Å². The molecule has 1 amide bonds. The van der Waals surface area contributed by atoms with Crippen molar-refractivity contribution in [2.75, 3.05) is 6.26 Å². The minimum absolute atomic E-state index is 0.0744. The van der Waals surface area contributed by atoms with Crippen LogP contribution in [0.4, 0.5) is 0 Å². The van der Waals surface area contributed by atoms with Gasteiger partial charge in [0.1, 0.15) is 6.04 Å². The number of amides is 1. The molecular weight excluding hydrogens is 250 g/mol. The maximum Gasteiger partial charge on any atom is 0.326 e. The van der Waals surface area contributed by atoms with E-state index in [0.717, 1.165) is 6.42 Å². The molecule has 0 rings (SSSR count). The molecule has 0 fully saturated rings. The summed E-state index contributed by atoms with van der Waals surface area (Å²) in [4.78, 5) is 22.8. The molecule has 0 aromatic heterocycles. The highest BCUT2D eigenvalue weighted by Gasteiger charge is 2.23. The predicted molar refractivity (Wildman–Crippen MR) is 75.8 cm³/mol. The Morgan fingerprint density at radius 3 is 2.28 bits per heavy atom. The van der Waals surface area contributed by atoms with Gasteiger partial charge in [-0.1, -0.05) is 27.7 Å². The van der Waals surface area contributed by atoms with Gasteiger partial charge < -0.3 is 10.4 Å². The fourth-order valence-electron chi connectivity index (χ4n) is 1.43. The third kappa shape index (κ3) is 8.39. The molecule has 0 aromatic rings. The number of hydrogen-bond donors (Lipinski definition) is 2. The summed E-state index contributed by atoms with van der Waals surface area (Å²) in [5.41, 5.74) is 0.0744. The van der Waals surface area contributed by atoms with E-state index in [1.165, 1.54) is 0 Å². The zero-order valence-electron chi connectivity index (χ0n) is 11.9. The second-order valence-electron chi connectivity index (χ2n) is 5.81.